The summed E-state index contributed by atoms with van der Waals surface area (Å²) < 4.78 is 28.8. The number of benzene rings is 2. The van der Waals surface area contributed by atoms with E-state index < -0.39 is 18.4 Å². The lowest BCUT2D eigenvalue weighted by molar-refractivity contribution is -0.122. The third-order valence-electron chi connectivity index (χ3n) is 4.46. The number of anilines is 2. The van der Waals surface area contributed by atoms with Crippen molar-refractivity contribution in [1.82, 2.24) is 4.98 Å². The Morgan fingerprint density at radius 2 is 1.93 bits per heavy atom. The number of nitrogens with one attached hydrogen (secondary N) is 2. The molecule has 0 aliphatic rings. The Morgan fingerprint density at radius 1 is 1.20 bits per heavy atom. The van der Waals surface area contributed by atoms with Gasteiger partial charge in [0.15, 0.2) is 0 Å². The molecule has 7 nitrogen and oxygen atoms in total. The quantitative estimate of drug-likeness (QED) is 0.252. The molecule has 1 aromatic heterocycles. The number of nitrogens with zero attached hydrogens (tertiary/aromatic N) is 2. The summed E-state index contributed by atoms with van der Waals surface area (Å²) in [6, 6.07) is 13.1. The van der Waals surface area contributed by atoms with Gasteiger partial charge >= 0.3 is 6.61 Å². The van der Waals surface area contributed by atoms with Crippen molar-refractivity contribution in [2.24, 2.45) is 11.0 Å². The second-order valence-corrected chi connectivity index (χ2v) is 6.48. The molecule has 0 bridgehead atoms. The van der Waals surface area contributed by atoms with E-state index in [1.807, 2.05) is 12.1 Å². The summed E-state index contributed by atoms with van der Waals surface area (Å²) in [5.41, 5.74) is 2.29. The number of carbonyl (C=O) groups is 2. The molecule has 2 aromatic carbocycles. The number of hydrogen-bond donors (Lipinski definition) is 2. The van der Waals surface area contributed by atoms with Crippen LogP contribution in [-0.4, -0.2) is 36.5 Å². The highest BCUT2D eigenvalue weighted by Gasteiger charge is 2.22. The zero-order valence-electron chi connectivity index (χ0n) is 16.3. The molecule has 3 rings (SSSR count). The molecule has 0 saturated carbocycles. The molecule has 0 radical (unpaired) electrons. The maximum absolute atomic E-state index is 12.7. The molecule has 156 valence electrons. The minimum atomic E-state index is -2.90. The first-order chi connectivity index (χ1) is 14.4. The van der Waals surface area contributed by atoms with E-state index in [4.69, 9.17) is 0 Å². The monoisotopic (exact) mass is 414 g/mol. The molecule has 0 aliphatic heterocycles. The number of hydrazone groups is 1. The van der Waals surface area contributed by atoms with Crippen LogP contribution in [0.5, 0.6) is 5.75 Å². The molecule has 9 heteroatoms. The van der Waals surface area contributed by atoms with E-state index in [9.17, 15) is 18.4 Å². The maximum atomic E-state index is 12.7. The molecule has 0 saturated heterocycles. The summed E-state index contributed by atoms with van der Waals surface area (Å²) in [4.78, 5) is 27.3. The van der Waals surface area contributed by atoms with Crippen LogP contribution in [0.15, 0.2) is 59.8 Å². The molecule has 3 aromatic rings. The van der Waals surface area contributed by atoms with Crippen LogP contribution in [0, 0.1) is 5.92 Å². The molecular formula is C21H20F2N4O3. The average molecular weight is 414 g/mol. The van der Waals surface area contributed by atoms with Crippen LogP contribution in [-0.2, 0) is 9.59 Å². The SMILES string of the molecule is C/C(=N/N(C)c1ccc(OC(F)F)cc1)C(C=O)C(=O)Nc1cccc2[nH]ccc12. The molecule has 0 spiro atoms. The molecule has 0 fully saturated rings. The van der Waals surface area contributed by atoms with Gasteiger partial charge in [-0.25, -0.2) is 0 Å². The highest BCUT2D eigenvalue weighted by Crippen LogP contribution is 2.23. The molecule has 1 atom stereocenters. The van der Waals surface area contributed by atoms with E-state index in [2.05, 4.69) is 20.1 Å². The Hall–Kier alpha value is -3.75. The third kappa shape index (κ3) is 4.80. The van der Waals surface area contributed by atoms with E-state index in [0.29, 0.717) is 17.7 Å². The smallest absolute Gasteiger partial charge is 0.387 e. The van der Waals surface area contributed by atoms with Crippen LogP contribution < -0.4 is 15.1 Å². The molecule has 30 heavy (non-hydrogen) atoms. The van der Waals surface area contributed by atoms with Gasteiger partial charge in [0.05, 0.1) is 17.1 Å². The van der Waals surface area contributed by atoms with Crippen LogP contribution in [0.2, 0.25) is 0 Å². The van der Waals surface area contributed by atoms with Gasteiger partial charge < -0.3 is 19.8 Å². The number of ether oxygens (including phenoxy) is 1. The Kier molecular flexibility index (Phi) is 6.41. The topological polar surface area (TPSA) is 86.8 Å². The van der Waals surface area contributed by atoms with Crippen molar-refractivity contribution in [3.63, 3.8) is 0 Å². The predicted molar refractivity (Wildman–Crippen MR) is 111 cm³/mol. The molecule has 1 heterocycles. The Bertz CT molecular complexity index is 1060. The van der Waals surface area contributed by atoms with E-state index in [1.165, 1.54) is 29.3 Å². The van der Waals surface area contributed by atoms with Gasteiger partial charge in [0.1, 0.15) is 18.0 Å². The normalized spacial score (nSPS) is 12.6. The Labute approximate surface area is 171 Å². The first-order valence-corrected chi connectivity index (χ1v) is 9.05. The summed E-state index contributed by atoms with van der Waals surface area (Å²) in [6.45, 7) is -1.34. The molecule has 0 aliphatic carbocycles. The highest BCUT2D eigenvalue weighted by atomic mass is 19.3. The predicted octanol–water partition coefficient (Wildman–Crippen LogP) is 4.04. The van der Waals surface area contributed by atoms with Gasteiger partial charge in [0, 0.05) is 24.1 Å². The number of alkyl halides is 2. The average Bonchev–Trinajstić information content (AvgIpc) is 3.18. The maximum Gasteiger partial charge on any atom is 0.387 e. The van der Waals surface area contributed by atoms with E-state index in [1.54, 1.807) is 32.3 Å². The largest absolute Gasteiger partial charge is 0.435 e. The number of H-pyrrole nitrogens is 1. The summed E-state index contributed by atoms with van der Waals surface area (Å²) >= 11 is 0. The molecule has 1 unspecified atom stereocenters. The Morgan fingerprint density at radius 3 is 2.60 bits per heavy atom. The van der Waals surface area contributed by atoms with Gasteiger partial charge in [-0.3, -0.25) is 9.80 Å². The fourth-order valence-electron chi connectivity index (χ4n) is 2.95. The Balaban J connectivity index is 1.73. The number of amides is 1. The fourth-order valence-corrected chi connectivity index (χ4v) is 2.95. The van der Waals surface area contributed by atoms with Crippen molar-refractivity contribution in [2.75, 3.05) is 17.4 Å². The summed E-state index contributed by atoms with van der Waals surface area (Å²) in [5.74, 6) is -1.58. The van der Waals surface area contributed by atoms with Crippen molar-refractivity contribution >= 4 is 40.2 Å². The fraction of sp³-hybridized carbons (Fsp3) is 0.190. The van der Waals surface area contributed by atoms with Gasteiger partial charge in [-0.15, -0.1) is 0 Å². The second kappa shape index (κ2) is 9.17. The zero-order valence-corrected chi connectivity index (χ0v) is 16.3. The van der Waals surface area contributed by atoms with Crippen molar-refractivity contribution in [3.05, 3.63) is 54.7 Å². The summed E-state index contributed by atoms with van der Waals surface area (Å²) in [7, 11) is 1.62. The van der Waals surface area contributed by atoms with E-state index >= 15 is 0 Å². The number of carbonyl (C=O) groups excluding carboxylic acids is 2. The number of aromatic amines is 1. The second-order valence-electron chi connectivity index (χ2n) is 6.48. The minimum Gasteiger partial charge on any atom is -0.435 e. The number of aldehydes is 1. The van der Waals surface area contributed by atoms with Crippen LogP contribution >= 0.6 is 0 Å². The molecule has 2 N–H and O–H groups in total. The van der Waals surface area contributed by atoms with E-state index in [0.717, 1.165) is 10.9 Å². The lowest BCUT2D eigenvalue weighted by atomic mass is 10.1. The van der Waals surface area contributed by atoms with E-state index in [-0.39, 0.29) is 11.5 Å². The van der Waals surface area contributed by atoms with Gasteiger partial charge in [-0.05, 0) is 49.4 Å². The number of halogens is 2. The van der Waals surface area contributed by atoms with Crippen molar-refractivity contribution < 1.29 is 23.1 Å². The lowest BCUT2D eigenvalue weighted by Gasteiger charge is -2.17. The number of rotatable bonds is 8. The molecular weight excluding hydrogens is 394 g/mol. The number of aromatic nitrogens is 1. The first kappa shape index (κ1) is 21.0. The van der Waals surface area contributed by atoms with Crippen molar-refractivity contribution in [1.29, 1.82) is 0 Å². The standard InChI is InChI=1S/C21H20F2N4O3/c1-13(26-27(2)14-6-8-15(9-7-14)30-21(22)23)17(12-28)20(29)25-19-5-3-4-18-16(19)10-11-24-18/h3-12,17,21,24H,1-2H3,(H,25,29)/b26-13-. The lowest BCUT2D eigenvalue weighted by Crippen LogP contribution is -2.31. The molecule has 1 amide bonds. The summed E-state index contributed by atoms with van der Waals surface area (Å²) in [6.07, 6.45) is 2.29. The van der Waals surface area contributed by atoms with Crippen LogP contribution in [0.1, 0.15) is 6.92 Å². The number of hydrogen-bond acceptors (Lipinski definition) is 5. The minimum absolute atomic E-state index is 0.0203. The van der Waals surface area contributed by atoms with Gasteiger partial charge in [0.2, 0.25) is 5.91 Å². The zero-order chi connectivity index (χ0) is 21.7. The van der Waals surface area contributed by atoms with Gasteiger partial charge in [0.25, 0.3) is 0 Å². The highest BCUT2D eigenvalue weighted by molar-refractivity contribution is 6.19. The van der Waals surface area contributed by atoms with Crippen LogP contribution in [0.25, 0.3) is 10.9 Å². The van der Waals surface area contributed by atoms with Crippen LogP contribution in [0.4, 0.5) is 20.2 Å². The first-order valence-electron chi connectivity index (χ1n) is 9.05. The summed E-state index contributed by atoms with van der Waals surface area (Å²) in [5, 5.41) is 9.32. The van der Waals surface area contributed by atoms with Crippen molar-refractivity contribution in [2.45, 2.75) is 13.5 Å². The number of fused-ring (bicyclic) bond motifs is 1. The van der Waals surface area contributed by atoms with Gasteiger partial charge in [-0.2, -0.15) is 13.9 Å². The van der Waals surface area contributed by atoms with Crippen molar-refractivity contribution in [3.8, 4) is 5.75 Å². The van der Waals surface area contributed by atoms with Gasteiger partial charge in [-0.1, -0.05) is 6.07 Å². The third-order valence-corrected chi connectivity index (χ3v) is 4.46. The van der Waals surface area contributed by atoms with Crippen LogP contribution in [0.3, 0.4) is 0 Å².